The SMILES string of the molecule is CCC(N)c1noc(-c2ccco2)n1. The third-order valence-electron chi connectivity index (χ3n) is 1.95. The van der Waals surface area contributed by atoms with Gasteiger partial charge in [0.25, 0.3) is 5.89 Å². The molecule has 2 rings (SSSR count). The van der Waals surface area contributed by atoms with E-state index in [4.69, 9.17) is 14.7 Å². The van der Waals surface area contributed by atoms with Crippen LogP contribution >= 0.6 is 0 Å². The van der Waals surface area contributed by atoms with Crippen LogP contribution in [0.2, 0.25) is 0 Å². The minimum atomic E-state index is -0.178. The smallest absolute Gasteiger partial charge is 0.293 e. The normalized spacial score (nSPS) is 13.0. The molecule has 0 aliphatic carbocycles. The van der Waals surface area contributed by atoms with Gasteiger partial charge in [0.2, 0.25) is 0 Å². The Balaban J connectivity index is 2.26. The van der Waals surface area contributed by atoms with Crippen LogP contribution in [0.1, 0.15) is 25.2 Å². The Morgan fingerprint density at radius 3 is 3.07 bits per heavy atom. The summed E-state index contributed by atoms with van der Waals surface area (Å²) in [6, 6.07) is 3.34. The maximum Gasteiger partial charge on any atom is 0.293 e. The molecule has 5 heteroatoms. The minimum Gasteiger partial charge on any atom is -0.459 e. The molecule has 0 fully saturated rings. The summed E-state index contributed by atoms with van der Waals surface area (Å²) in [6.45, 7) is 1.97. The van der Waals surface area contributed by atoms with E-state index < -0.39 is 0 Å². The maximum absolute atomic E-state index is 5.75. The van der Waals surface area contributed by atoms with Gasteiger partial charge >= 0.3 is 0 Å². The molecule has 14 heavy (non-hydrogen) atoms. The Labute approximate surface area is 80.9 Å². The van der Waals surface area contributed by atoms with Crippen molar-refractivity contribution in [1.29, 1.82) is 0 Å². The van der Waals surface area contributed by atoms with Crippen molar-refractivity contribution in [3.05, 3.63) is 24.2 Å². The van der Waals surface area contributed by atoms with Crippen LogP contribution in [0.15, 0.2) is 27.3 Å². The number of nitrogens with zero attached hydrogens (tertiary/aromatic N) is 2. The van der Waals surface area contributed by atoms with Gasteiger partial charge in [0.1, 0.15) is 0 Å². The lowest BCUT2D eigenvalue weighted by atomic mass is 10.2. The first kappa shape index (κ1) is 8.96. The van der Waals surface area contributed by atoms with Crippen LogP contribution in [0.3, 0.4) is 0 Å². The molecule has 0 aromatic carbocycles. The van der Waals surface area contributed by atoms with Crippen LogP contribution < -0.4 is 5.73 Å². The fourth-order valence-corrected chi connectivity index (χ4v) is 1.07. The number of hydrogen-bond donors (Lipinski definition) is 1. The van der Waals surface area contributed by atoms with Crippen molar-refractivity contribution >= 4 is 0 Å². The topological polar surface area (TPSA) is 78.1 Å². The number of hydrogen-bond acceptors (Lipinski definition) is 5. The first-order valence-electron chi connectivity index (χ1n) is 4.44. The molecule has 2 aromatic rings. The fraction of sp³-hybridized carbons (Fsp3) is 0.333. The average Bonchev–Trinajstić information content (AvgIpc) is 2.86. The van der Waals surface area contributed by atoms with E-state index in [9.17, 15) is 0 Å². The van der Waals surface area contributed by atoms with E-state index >= 15 is 0 Å². The molecule has 2 heterocycles. The van der Waals surface area contributed by atoms with Gasteiger partial charge < -0.3 is 14.7 Å². The highest BCUT2D eigenvalue weighted by Gasteiger charge is 2.14. The summed E-state index contributed by atoms with van der Waals surface area (Å²) in [5.41, 5.74) is 5.75. The molecule has 0 radical (unpaired) electrons. The zero-order valence-corrected chi connectivity index (χ0v) is 7.80. The second-order valence-electron chi connectivity index (χ2n) is 2.95. The monoisotopic (exact) mass is 193 g/mol. The molecule has 74 valence electrons. The van der Waals surface area contributed by atoms with Gasteiger partial charge in [0, 0.05) is 0 Å². The number of aromatic nitrogens is 2. The Morgan fingerprint density at radius 2 is 2.43 bits per heavy atom. The number of rotatable bonds is 3. The first-order chi connectivity index (χ1) is 6.81. The van der Waals surface area contributed by atoms with Crippen LogP contribution in [-0.2, 0) is 0 Å². The van der Waals surface area contributed by atoms with E-state index in [1.165, 1.54) is 0 Å². The fourth-order valence-electron chi connectivity index (χ4n) is 1.07. The highest BCUT2D eigenvalue weighted by molar-refractivity contribution is 5.42. The van der Waals surface area contributed by atoms with Crippen molar-refractivity contribution in [3.63, 3.8) is 0 Å². The average molecular weight is 193 g/mol. The summed E-state index contributed by atoms with van der Waals surface area (Å²) in [5.74, 6) is 1.44. The van der Waals surface area contributed by atoms with Crippen LogP contribution in [0.5, 0.6) is 0 Å². The molecule has 0 spiro atoms. The summed E-state index contributed by atoms with van der Waals surface area (Å²) < 4.78 is 10.1. The molecule has 0 amide bonds. The second-order valence-corrected chi connectivity index (χ2v) is 2.95. The van der Waals surface area contributed by atoms with Crippen molar-refractivity contribution in [3.8, 4) is 11.7 Å². The van der Waals surface area contributed by atoms with E-state index in [2.05, 4.69) is 10.1 Å². The molecular formula is C9H11N3O2. The van der Waals surface area contributed by atoms with Gasteiger partial charge in [-0.25, -0.2) is 0 Å². The zero-order chi connectivity index (χ0) is 9.97. The standard InChI is InChI=1S/C9H11N3O2/c1-2-6(10)8-11-9(14-12-8)7-4-3-5-13-7/h3-6H,2,10H2,1H3. The van der Waals surface area contributed by atoms with Crippen LogP contribution in [0, 0.1) is 0 Å². The van der Waals surface area contributed by atoms with E-state index in [1.807, 2.05) is 6.92 Å². The molecule has 2 aromatic heterocycles. The predicted molar refractivity (Wildman–Crippen MR) is 49.2 cm³/mol. The number of nitrogens with two attached hydrogens (primary N) is 1. The van der Waals surface area contributed by atoms with Gasteiger partial charge in [-0.3, -0.25) is 0 Å². The lowest BCUT2D eigenvalue weighted by molar-refractivity contribution is 0.403. The molecule has 2 N–H and O–H groups in total. The van der Waals surface area contributed by atoms with Gasteiger partial charge in [0.15, 0.2) is 11.6 Å². The molecule has 0 saturated heterocycles. The van der Waals surface area contributed by atoms with Crippen molar-refractivity contribution in [2.45, 2.75) is 19.4 Å². The van der Waals surface area contributed by atoms with Gasteiger partial charge in [-0.15, -0.1) is 0 Å². The molecular weight excluding hydrogens is 182 g/mol. The van der Waals surface area contributed by atoms with Gasteiger partial charge in [-0.05, 0) is 18.6 Å². The van der Waals surface area contributed by atoms with Crippen LogP contribution in [-0.4, -0.2) is 10.1 Å². The van der Waals surface area contributed by atoms with Crippen molar-refractivity contribution in [2.24, 2.45) is 5.73 Å². The van der Waals surface area contributed by atoms with Gasteiger partial charge in [0.05, 0.1) is 12.3 Å². The summed E-state index contributed by atoms with van der Waals surface area (Å²) in [4.78, 5) is 4.13. The van der Waals surface area contributed by atoms with Gasteiger partial charge in [-0.2, -0.15) is 4.98 Å². The molecule has 0 saturated carbocycles. The predicted octanol–water partition coefficient (Wildman–Crippen LogP) is 1.74. The molecule has 5 nitrogen and oxygen atoms in total. The quantitative estimate of drug-likeness (QED) is 0.803. The first-order valence-corrected chi connectivity index (χ1v) is 4.44. The highest BCUT2D eigenvalue weighted by atomic mass is 16.5. The molecule has 0 bridgehead atoms. The van der Waals surface area contributed by atoms with Crippen molar-refractivity contribution in [2.75, 3.05) is 0 Å². The maximum atomic E-state index is 5.75. The number of furan rings is 1. The van der Waals surface area contributed by atoms with Crippen molar-refractivity contribution < 1.29 is 8.94 Å². The molecule has 0 aliphatic rings. The molecule has 1 atom stereocenters. The largest absolute Gasteiger partial charge is 0.459 e. The summed E-state index contributed by atoms with van der Waals surface area (Å²) in [5, 5.41) is 3.77. The van der Waals surface area contributed by atoms with E-state index in [-0.39, 0.29) is 6.04 Å². The van der Waals surface area contributed by atoms with E-state index in [0.717, 1.165) is 6.42 Å². The lowest BCUT2D eigenvalue weighted by Gasteiger charge is -1.98. The highest BCUT2D eigenvalue weighted by Crippen LogP contribution is 2.19. The third kappa shape index (κ3) is 1.54. The summed E-state index contributed by atoms with van der Waals surface area (Å²) in [7, 11) is 0. The Morgan fingerprint density at radius 1 is 1.57 bits per heavy atom. The van der Waals surface area contributed by atoms with Gasteiger partial charge in [-0.1, -0.05) is 12.1 Å². The van der Waals surface area contributed by atoms with E-state index in [1.54, 1.807) is 18.4 Å². The Hall–Kier alpha value is -1.62. The summed E-state index contributed by atoms with van der Waals surface area (Å²) in [6.07, 6.45) is 2.33. The second kappa shape index (κ2) is 3.63. The van der Waals surface area contributed by atoms with Crippen LogP contribution in [0.25, 0.3) is 11.7 Å². The Bertz CT molecular complexity index is 394. The van der Waals surface area contributed by atoms with E-state index in [0.29, 0.717) is 17.5 Å². The molecule has 1 unspecified atom stereocenters. The van der Waals surface area contributed by atoms with Crippen molar-refractivity contribution in [1.82, 2.24) is 10.1 Å². The van der Waals surface area contributed by atoms with Crippen LogP contribution in [0.4, 0.5) is 0 Å². The lowest BCUT2D eigenvalue weighted by Crippen LogP contribution is -2.10. The molecule has 0 aliphatic heterocycles. The Kier molecular flexibility index (Phi) is 2.32. The third-order valence-corrected chi connectivity index (χ3v) is 1.95. The minimum absolute atomic E-state index is 0.178. The summed E-state index contributed by atoms with van der Waals surface area (Å²) >= 11 is 0. The zero-order valence-electron chi connectivity index (χ0n) is 7.80.